The minimum atomic E-state index is -0.496. The predicted molar refractivity (Wildman–Crippen MR) is 89.5 cm³/mol. The molecule has 1 atom stereocenters. The van der Waals surface area contributed by atoms with Crippen LogP contribution in [-0.4, -0.2) is 30.4 Å². The zero-order chi connectivity index (χ0) is 16.4. The lowest BCUT2D eigenvalue weighted by Crippen LogP contribution is -2.30. The molecule has 1 saturated heterocycles. The highest BCUT2D eigenvalue weighted by Gasteiger charge is 2.32. The van der Waals surface area contributed by atoms with Crippen LogP contribution in [0.1, 0.15) is 56.5 Å². The molecule has 0 radical (unpaired) electrons. The third-order valence-corrected chi connectivity index (χ3v) is 5.26. The van der Waals surface area contributed by atoms with Gasteiger partial charge in [0.15, 0.2) is 0 Å². The van der Waals surface area contributed by atoms with Crippen LogP contribution in [0, 0.1) is 5.41 Å². The molecule has 4 heteroatoms. The van der Waals surface area contributed by atoms with Crippen molar-refractivity contribution < 1.29 is 14.3 Å². The van der Waals surface area contributed by atoms with Gasteiger partial charge >= 0.3 is 5.97 Å². The molecule has 128 valence electrons. The lowest BCUT2D eigenvalue weighted by atomic mass is 9.87. The van der Waals surface area contributed by atoms with Crippen LogP contribution in [0.3, 0.4) is 0 Å². The summed E-state index contributed by atoms with van der Waals surface area (Å²) in [4.78, 5) is 12.1. The first-order valence-corrected chi connectivity index (χ1v) is 8.91. The van der Waals surface area contributed by atoms with Crippen LogP contribution in [0.15, 0.2) is 6.07 Å². The Bertz CT molecular complexity index is 567. The molecular weight excluding hydrogens is 290 g/mol. The van der Waals surface area contributed by atoms with E-state index in [0.29, 0.717) is 6.10 Å². The van der Waals surface area contributed by atoms with Gasteiger partial charge in [0.1, 0.15) is 0 Å². The summed E-state index contributed by atoms with van der Waals surface area (Å²) in [6.45, 7) is 5.77. The Morgan fingerprint density at radius 3 is 2.83 bits per heavy atom. The summed E-state index contributed by atoms with van der Waals surface area (Å²) in [5.41, 5.74) is 3.72. The Labute approximate surface area is 139 Å². The molecule has 4 nitrogen and oxygen atoms in total. The van der Waals surface area contributed by atoms with Crippen molar-refractivity contribution in [1.82, 2.24) is 4.57 Å². The van der Waals surface area contributed by atoms with E-state index in [4.69, 9.17) is 9.47 Å². The average molecular weight is 319 g/mol. The fourth-order valence-electron chi connectivity index (χ4n) is 4.00. The van der Waals surface area contributed by atoms with Crippen LogP contribution in [0.2, 0.25) is 0 Å². The van der Waals surface area contributed by atoms with Gasteiger partial charge in [0.25, 0.3) is 0 Å². The molecule has 3 rings (SSSR count). The van der Waals surface area contributed by atoms with E-state index in [9.17, 15) is 4.79 Å². The normalized spacial score (nSPS) is 21.3. The number of ether oxygens (including phenoxy) is 2. The zero-order valence-electron chi connectivity index (χ0n) is 14.7. The van der Waals surface area contributed by atoms with Gasteiger partial charge in [0.05, 0.1) is 18.6 Å². The largest absolute Gasteiger partial charge is 0.469 e. The van der Waals surface area contributed by atoms with Gasteiger partial charge in [0, 0.05) is 31.0 Å². The van der Waals surface area contributed by atoms with E-state index in [-0.39, 0.29) is 5.97 Å². The molecule has 1 aliphatic heterocycles. The highest BCUT2D eigenvalue weighted by Crippen LogP contribution is 2.31. The number of esters is 1. The highest BCUT2D eigenvalue weighted by molar-refractivity contribution is 5.76. The van der Waals surface area contributed by atoms with E-state index in [1.54, 1.807) is 0 Å². The van der Waals surface area contributed by atoms with Crippen molar-refractivity contribution in [2.45, 2.75) is 71.4 Å². The summed E-state index contributed by atoms with van der Waals surface area (Å²) >= 11 is 0. The van der Waals surface area contributed by atoms with Crippen LogP contribution >= 0.6 is 0 Å². The van der Waals surface area contributed by atoms with E-state index in [2.05, 4.69) is 10.6 Å². The second-order valence-electron chi connectivity index (χ2n) is 7.61. The number of hydrogen-bond acceptors (Lipinski definition) is 3. The SMILES string of the molecule is COC(=O)C(C)(C)Cc1cc2c(n1CC1CCCO1)CCCC2. The summed E-state index contributed by atoms with van der Waals surface area (Å²) in [5.74, 6) is -0.139. The van der Waals surface area contributed by atoms with Gasteiger partial charge in [0.2, 0.25) is 0 Å². The minimum absolute atomic E-state index is 0.139. The molecule has 0 spiro atoms. The van der Waals surface area contributed by atoms with Gasteiger partial charge in [-0.1, -0.05) is 0 Å². The summed E-state index contributed by atoms with van der Waals surface area (Å²) in [7, 11) is 1.47. The average Bonchev–Trinajstić information content (AvgIpc) is 3.15. The summed E-state index contributed by atoms with van der Waals surface area (Å²) < 4.78 is 13.3. The summed E-state index contributed by atoms with van der Waals surface area (Å²) in [5, 5.41) is 0. The lowest BCUT2D eigenvalue weighted by molar-refractivity contribution is -0.150. The van der Waals surface area contributed by atoms with E-state index in [1.165, 1.54) is 43.3 Å². The molecule has 0 N–H and O–H groups in total. The van der Waals surface area contributed by atoms with Gasteiger partial charge < -0.3 is 14.0 Å². The molecule has 0 saturated carbocycles. The Morgan fingerprint density at radius 1 is 1.35 bits per heavy atom. The summed E-state index contributed by atoms with van der Waals surface area (Å²) in [6, 6.07) is 2.33. The summed E-state index contributed by atoms with van der Waals surface area (Å²) in [6.07, 6.45) is 8.22. The van der Waals surface area contributed by atoms with Crippen LogP contribution in [-0.2, 0) is 40.1 Å². The van der Waals surface area contributed by atoms with Crippen molar-refractivity contribution in [3.63, 3.8) is 0 Å². The number of carbonyl (C=O) groups is 1. The quantitative estimate of drug-likeness (QED) is 0.782. The Morgan fingerprint density at radius 2 is 2.13 bits per heavy atom. The topological polar surface area (TPSA) is 40.5 Å². The van der Waals surface area contributed by atoms with E-state index < -0.39 is 5.41 Å². The van der Waals surface area contributed by atoms with E-state index in [1.807, 2.05) is 13.8 Å². The van der Waals surface area contributed by atoms with Crippen molar-refractivity contribution in [3.8, 4) is 0 Å². The molecule has 1 unspecified atom stereocenters. The third kappa shape index (κ3) is 3.47. The monoisotopic (exact) mass is 319 g/mol. The third-order valence-electron chi connectivity index (χ3n) is 5.26. The van der Waals surface area contributed by atoms with Crippen LogP contribution in [0.5, 0.6) is 0 Å². The van der Waals surface area contributed by atoms with Crippen LogP contribution in [0.4, 0.5) is 0 Å². The standard InChI is InChI=1S/C19H29NO3/c1-19(2,18(21)22-3)12-15-11-14-7-4-5-9-17(14)20(15)13-16-8-6-10-23-16/h11,16H,4-10,12-13H2,1-3H3. The molecule has 0 bridgehead atoms. The predicted octanol–water partition coefficient (Wildman–Crippen LogP) is 3.29. The van der Waals surface area contributed by atoms with Crippen molar-refractivity contribution in [3.05, 3.63) is 23.0 Å². The van der Waals surface area contributed by atoms with E-state index >= 15 is 0 Å². The Hall–Kier alpha value is -1.29. The Balaban J connectivity index is 1.88. The van der Waals surface area contributed by atoms with Crippen LogP contribution < -0.4 is 0 Å². The fourth-order valence-corrected chi connectivity index (χ4v) is 4.00. The van der Waals surface area contributed by atoms with Crippen molar-refractivity contribution in [2.75, 3.05) is 13.7 Å². The number of rotatable bonds is 5. The molecule has 1 aliphatic carbocycles. The molecule has 1 aromatic rings. The number of nitrogens with zero attached hydrogens (tertiary/aromatic N) is 1. The number of methoxy groups -OCH3 is 1. The lowest BCUT2D eigenvalue weighted by Gasteiger charge is -2.24. The molecular formula is C19H29NO3. The van der Waals surface area contributed by atoms with Gasteiger partial charge in [-0.2, -0.15) is 0 Å². The highest BCUT2D eigenvalue weighted by atomic mass is 16.5. The number of aromatic nitrogens is 1. The Kier molecular flexibility index (Phi) is 4.81. The fraction of sp³-hybridized carbons (Fsp3) is 0.737. The number of hydrogen-bond donors (Lipinski definition) is 0. The maximum absolute atomic E-state index is 12.1. The number of carbonyl (C=O) groups excluding carboxylic acids is 1. The molecule has 1 aromatic heterocycles. The second-order valence-corrected chi connectivity index (χ2v) is 7.61. The molecule has 2 aliphatic rings. The molecule has 0 aromatic carbocycles. The van der Waals surface area contributed by atoms with E-state index in [0.717, 1.165) is 38.8 Å². The molecule has 1 fully saturated rings. The van der Waals surface area contributed by atoms with Crippen molar-refractivity contribution >= 4 is 5.97 Å². The molecule has 2 heterocycles. The van der Waals surface area contributed by atoms with Gasteiger partial charge in [-0.25, -0.2) is 0 Å². The number of aryl methyl sites for hydroxylation is 1. The first-order valence-electron chi connectivity index (χ1n) is 8.91. The number of fused-ring (bicyclic) bond motifs is 1. The zero-order valence-corrected chi connectivity index (χ0v) is 14.7. The maximum Gasteiger partial charge on any atom is 0.311 e. The van der Waals surface area contributed by atoms with Gasteiger partial charge in [-0.3, -0.25) is 4.79 Å². The first-order chi connectivity index (χ1) is 11.0. The minimum Gasteiger partial charge on any atom is -0.469 e. The second kappa shape index (κ2) is 6.68. The van der Waals surface area contributed by atoms with Gasteiger partial charge in [-0.05, 0) is 64.0 Å². The van der Waals surface area contributed by atoms with Crippen molar-refractivity contribution in [2.24, 2.45) is 5.41 Å². The van der Waals surface area contributed by atoms with Crippen molar-refractivity contribution in [1.29, 1.82) is 0 Å². The smallest absolute Gasteiger partial charge is 0.311 e. The van der Waals surface area contributed by atoms with Gasteiger partial charge in [-0.15, -0.1) is 0 Å². The molecule has 0 amide bonds. The molecule has 23 heavy (non-hydrogen) atoms. The maximum atomic E-state index is 12.1. The first kappa shape index (κ1) is 16.6. The van der Waals surface area contributed by atoms with Crippen LogP contribution in [0.25, 0.3) is 0 Å².